The van der Waals surface area contributed by atoms with E-state index in [0.717, 1.165) is 12.3 Å². The number of anilines is 1. The number of aromatic nitrogens is 2. The van der Waals surface area contributed by atoms with E-state index in [1.165, 1.54) is 12.1 Å². The number of hydrogen-bond donors (Lipinski definition) is 3. The predicted octanol–water partition coefficient (Wildman–Crippen LogP) is 3.60. The number of para-hydroxylation sites is 1. The Kier molecular flexibility index (Phi) is 12.4. The minimum absolute atomic E-state index is 0.0116. The van der Waals surface area contributed by atoms with Crippen LogP contribution in [-0.2, 0) is 39.5 Å². The summed E-state index contributed by atoms with van der Waals surface area (Å²) in [7, 11) is -4.76. The van der Waals surface area contributed by atoms with Crippen molar-refractivity contribution in [3.8, 4) is 5.75 Å². The van der Waals surface area contributed by atoms with Crippen LogP contribution >= 0.6 is 7.75 Å². The first-order chi connectivity index (χ1) is 22.8. The van der Waals surface area contributed by atoms with Gasteiger partial charge in [0.2, 0.25) is 6.23 Å². The number of nitrogens with two attached hydrogens (primary N) is 1. The SMILES string of the molecule is CC(C)CCOC(=O)C(CC(=O)OCc1ccccc1)NP(=O)(OCC1OC(n2ccc(N)nc2=O)C(F)(F)C1O)Oc1ccccc1. The molecule has 2 aromatic carbocycles. The highest BCUT2D eigenvalue weighted by Gasteiger charge is 2.60. The van der Waals surface area contributed by atoms with E-state index in [9.17, 15) is 24.1 Å². The van der Waals surface area contributed by atoms with Gasteiger partial charge < -0.3 is 29.6 Å². The Hall–Kier alpha value is -4.21. The highest BCUT2D eigenvalue weighted by atomic mass is 31.2. The van der Waals surface area contributed by atoms with Crippen LogP contribution < -0.4 is 21.0 Å². The molecule has 2 heterocycles. The molecule has 14 nitrogen and oxygen atoms in total. The third-order valence-corrected chi connectivity index (χ3v) is 8.58. The smallest absolute Gasteiger partial charge is 0.459 e. The van der Waals surface area contributed by atoms with Crippen molar-refractivity contribution in [3.05, 3.63) is 89.0 Å². The number of aliphatic hydroxyl groups excluding tert-OH is 1. The zero-order valence-electron chi connectivity index (χ0n) is 26.1. The highest BCUT2D eigenvalue weighted by Crippen LogP contribution is 2.48. The summed E-state index contributed by atoms with van der Waals surface area (Å²) in [4.78, 5) is 41.7. The second-order valence-electron chi connectivity index (χ2n) is 11.3. The van der Waals surface area contributed by atoms with Gasteiger partial charge in [0.25, 0.3) is 0 Å². The molecular formula is C31H37F2N4O10P. The van der Waals surface area contributed by atoms with Crippen LogP contribution in [0, 0.1) is 5.92 Å². The number of halogens is 2. The van der Waals surface area contributed by atoms with Crippen LogP contribution in [0.25, 0.3) is 0 Å². The molecule has 1 saturated heterocycles. The van der Waals surface area contributed by atoms with Crippen molar-refractivity contribution < 1.29 is 51.3 Å². The minimum Gasteiger partial charge on any atom is -0.464 e. The van der Waals surface area contributed by atoms with E-state index >= 15 is 8.78 Å². The lowest BCUT2D eigenvalue weighted by Gasteiger charge is -2.26. The fourth-order valence-electron chi connectivity index (χ4n) is 4.42. The molecule has 1 aromatic heterocycles. The maximum Gasteiger partial charge on any atom is 0.459 e. The van der Waals surface area contributed by atoms with Crippen molar-refractivity contribution in [1.82, 2.24) is 14.6 Å². The number of nitrogens with one attached hydrogen (secondary N) is 1. The van der Waals surface area contributed by atoms with Gasteiger partial charge >= 0.3 is 31.3 Å². The first kappa shape index (κ1) is 36.6. The Morgan fingerprint density at radius 3 is 2.42 bits per heavy atom. The molecule has 5 atom stereocenters. The quantitative estimate of drug-likeness (QED) is 0.146. The number of nitrogens with zero attached hydrogens (tertiary/aromatic N) is 2. The van der Waals surface area contributed by atoms with Gasteiger partial charge in [-0.05, 0) is 36.1 Å². The summed E-state index contributed by atoms with van der Waals surface area (Å²) in [6, 6.07) is 15.8. The molecule has 260 valence electrons. The summed E-state index contributed by atoms with van der Waals surface area (Å²) < 4.78 is 71.9. The number of carbonyl (C=O) groups is 2. The molecule has 1 aliphatic rings. The summed E-state index contributed by atoms with van der Waals surface area (Å²) in [5.41, 5.74) is 4.96. The van der Waals surface area contributed by atoms with E-state index in [2.05, 4.69) is 10.1 Å². The third-order valence-electron chi connectivity index (χ3n) is 7.01. The van der Waals surface area contributed by atoms with Gasteiger partial charge in [0, 0.05) is 6.20 Å². The lowest BCUT2D eigenvalue weighted by molar-refractivity contribution is -0.153. The number of rotatable bonds is 16. The van der Waals surface area contributed by atoms with E-state index in [0.29, 0.717) is 16.6 Å². The lowest BCUT2D eigenvalue weighted by Crippen LogP contribution is -2.42. The topological polar surface area (TPSA) is 191 Å². The number of nitrogen functional groups attached to an aromatic ring is 1. The summed E-state index contributed by atoms with van der Waals surface area (Å²) in [6.45, 7) is 2.72. The van der Waals surface area contributed by atoms with Crippen LogP contribution in [0.2, 0.25) is 0 Å². The van der Waals surface area contributed by atoms with Gasteiger partial charge in [-0.15, -0.1) is 0 Å². The normalized spacial score (nSPS) is 20.5. The maximum atomic E-state index is 15.1. The number of alkyl halides is 2. The molecule has 0 spiro atoms. The highest BCUT2D eigenvalue weighted by molar-refractivity contribution is 7.52. The van der Waals surface area contributed by atoms with E-state index in [1.54, 1.807) is 48.5 Å². The average molecular weight is 695 g/mol. The van der Waals surface area contributed by atoms with Crippen molar-refractivity contribution in [2.24, 2.45) is 5.92 Å². The Bertz CT molecular complexity index is 1630. The van der Waals surface area contributed by atoms with Gasteiger partial charge in [0.15, 0.2) is 6.10 Å². The number of aliphatic hydroxyl groups is 1. The number of carbonyl (C=O) groups excluding carboxylic acids is 2. The fourth-order valence-corrected chi connectivity index (χ4v) is 5.92. The molecule has 5 unspecified atom stereocenters. The second-order valence-corrected chi connectivity index (χ2v) is 13.0. The molecule has 1 fully saturated rings. The number of ether oxygens (including phenoxy) is 3. The fraction of sp³-hybridized carbons (Fsp3) is 0.419. The minimum atomic E-state index is -4.76. The van der Waals surface area contributed by atoms with Gasteiger partial charge in [0.1, 0.15) is 30.3 Å². The van der Waals surface area contributed by atoms with E-state index < -0.39 is 68.8 Å². The summed E-state index contributed by atoms with van der Waals surface area (Å²) >= 11 is 0. The summed E-state index contributed by atoms with van der Waals surface area (Å²) in [5, 5.41) is 12.9. The second kappa shape index (κ2) is 16.3. The molecule has 17 heteroatoms. The zero-order valence-corrected chi connectivity index (χ0v) is 27.0. The Morgan fingerprint density at radius 2 is 1.77 bits per heavy atom. The van der Waals surface area contributed by atoms with Crippen LogP contribution in [0.5, 0.6) is 5.75 Å². The summed E-state index contributed by atoms with van der Waals surface area (Å²) in [6.07, 6.45) is -5.96. The van der Waals surface area contributed by atoms with Crippen LogP contribution in [0.3, 0.4) is 0 Å². The Morgan fingerprint density at radius 1 is 1.10 bits per heavy atom. The van der Waals surface area contributed by atoms with Crippen molar-refractivity contribution in [2.45, 2.75) is 63.7 Å². The van der Waals surface area contributed by atoms with E-state index in [1.807, 2.05) is 13.8 Å². The van der Waals surface area contributed by atoms with E-state index in [4.69, 9.17) is 29.0 Å². The Balaban J connectivity index is 1.55. The lowest BCUT2D eigenvalue weighted by atomic mass is 10.1. The Labute approximate surface area is 274 Å². The van der Waals surface area contributed by atoms with Gasteiger partial charge in [0.05, 0.1) is 19.6 Å². The average Bonchev–Trinajstić information content (AvgIpc) is 3.26. The number of benzene rings is 2. The molecule has 3 aromatic rings. The third kappa shape index (κ3) is 9.90. The number of hydrogen-bond acceptors (Lipinski definition) is 12. The van der Waals surface area contributed by atoms with Crippen molar-refractivity contribution in [2.75, 3.05) is 18.9 Å². The van der Waals surface area contributed by atoms with Gasteiger partial charge in [-0.2, -0.15) is 18.9 Å². The van der Waals surface area contributed by atoms with Crippen LogP contribution in [0.4, 0.5) is 14.6 Å². The molecular weight excluding hydrogens is 657 g/mol. The van der Waals surface area contributed by atoms with Crippen molar-refractivity contribution in [3.63, 3.8) is 0 Å². The first-order valence-electron chi connectivity index (χ1n) is 15.0. The number of esters is 2. The molecule has 0 aliphatic carbocycles. The molecule has 0 amide bonds. The molecule has 4 rings (SSSR count). The molecule has 0 saturated carbocycles. The molecule has 48 heavy (non-hydrogen) atoms. The van der Waals surface area contributed by atoms with Gasteiger partial charge in [-0.3, -0.25) is 18.7 Å². The first-order valence-corrected chi connectivity index (χ1v) is 16.5. The monoisotopic (exact) mass is 694 g/mol. The largest absolute Gasteiger partial charge is 0.464 e. The molecule has 0 bridgehead atoms. The van der Waals surface area contributed by atoms with Crippen LogP contribution in [0.15, 0.2) is 77.7 Å². The molecule has 1 aliphatic heterocycles. The summed E-state index contributed by atoms with van der Waals surface area (Å²) in [5.74, 6) is -5.92. The van der Waals surface area contributed by atoms with Crippen LogP contribution in [-0.4, -0.2) is 64.0 Å². The van der Waals surface area contributed by atoms with Gasteiger partial charge in [-0.25, -0.2) is 9.36 Å². The van der Waals surface area contributed by atoms with Gasteiger partial charge in [-0.1, -0.05) is 62.4 Å². The predicted molar refractivity (Wildman–Crippen MR) is 167 cm³/mol. The molecule has 0 radical (unpaired) electrons. The zero-order chi connectivity index (χ0) is 34.9. The molecule has 4 N–H and O–H groups in total. The van der Waals surface area contributed by atoms with Crippen molar-refractivity contribution in [1.29, 1.82) is 0 Å². The standard InChI is InChI=1S/C31H37F2N4O10P/c1-20(2)14-16-43-28(40)23(17-26(38)44-18-21-9-5-3-6-10-21)36-48(42,47-22-11-7-4-8-12-22)45-19-24-27(39)31(32,33)29(46-24)37-15-13-25(34)35-30(37)41/h3-13,15,20,23-24,27,29,39H,14,16-19H2,1-2H3,(H,36,42)(H2,34,35,41). The van der Waals surface area contributed by atoms with Crippen LogP contribution in [0.1, 0.15) is 38.5 Å². The maximum absolute atomic E-state index is 15.1. The van der Waals surface area contributed by atoms with Crippen molar-refractivity contribution >= 4 is 25.5 Å². The van der Waals surface area contributed by atoms with E-state index in [-0.39, 0.29) is 30.7 Å².